The molecule has 1 N–H and O–H groups in total. The van der Waals surface area contributed by atoms with Crippen molar-refractivity contribution in [3.8, 4) is 0 Å². The van der Waals surface area contributed by atoms with Gasteiger partial charge >= 0.3 is 6.09 Å². The van der Waals surface area contributed by atoms with Crippen LogP contribution in [0.1, 0.15) is 49.7 Å². The Morgan fingerprint density at radius 1 is 1.41 bits per heavy atom. The van der Waals surface area contributed by atoms with Gasteiger partial charge in [0.2, 0.25) is 0 Å². The molecule has 5 nitrogen and oxygen atoms in total. The van der Waals surface area contributed by atoms with Crippen LogP contribution < -0.4 is 5.32 Å². The molecule has 1 fully saturated rings. The second-order valence-corrected chi connectivity index (χ2v) is 7.46. The predicted octanol–water partition coefficient (Wildman–Crippen LogP) is 3.27. The first-order valence-electron chi connectivity index (χ1n) is 7.68. The van der Waals surface area contributed by atoms with Crippen molar-refractivity contribution in [2.75, 3.05) is 13.1 Å². The van der Waals surface area contributed by atoms with Gasteiger partial charge < -0.3 is 15.0 Å². The van der Waals surface area contributed by atoms with Gasteiger partial charge in [-0.2, -0.15) is 0 Å². The molecule has 122 valence electrons. The number of rotatable bonds is 3. The van der Waals surface area contributed by atoms with Crippen LogP contribution in [-0.4, -0.2) is 41.6 Å². The summed E-state index contributed by atoms with van der Waals surface area (Å²) >= 11 is 1.46. The van der Waals surface area contributed by atoms with Gasteiger partial charge in [-0.15, -0.1) is 11.3 Å². The lowest BCUT2D eigenvalue weighted by molar-refractivity contribution is 0.0463. The lowest BCUT2D eigenvalue weighted by Gasteiger charge is -2.35. The molecule has 6 heteroatoms. The minimum Gasteiger partial charge on any atom is -0.444 e. The van der Waals surface area contributed by atoms with Crippen molar-refractivity contribution in [1.82, 2.24) is 10.2 Å². The van der Waals surface area contributed by atoms with Crippen molar-refractivity contribution >= 4 is 23.3 Å². The molecule has 0 saturated carbocycles. The maximum atomic E-state index is 12.5. The van der Waals surface area contributed by atoms with Crippen LogP contribution in [0, 0.1) is 0 Å². The lowest BCUT2D eigenvalue weighted by atomic mass is 10.0. The minimum absolute atomic E-state index is 0.0378. The lowest BCUT2D eigenvalue weighted by Crippen LogP contribution is -2.49. The first-order chi connectivity index (χ1) is 10.4. The second-order valence-electron chi connectivity index (χ2n) is 6.51. The topological polar surface area (TPSA) is 58.6 Å². The van der Waals surface area contributed by atoms with E-state index in [2.05, 4.69) is 5.32 Å². The number of carbonyl (C=O) groups is 2. The van der Waals surface area contributed by atoms with Crippen LogP contribution in [0.4, 0.5) is 4.79 Å². The van der Waals surface area contributed by atoms with Gasteiger partial charge in [-0.05, 0) is 51.5 Å². The standard InChI is InChI=1S/C16H24N2O3S/c1-16(2,3)21-15(20)17-11-12-7-4-5-9-18(12)14(19)13-8-6-10-22-13/h6,8,10,12H,4-5,7,9,11H2,1-3H3,(H,17,20)/t12-/m1/s1. The summed E-state index contributed by atoms with van der Waals surface area (Å²) in [7, 11) is 0. The summed E-state index contributed by atoms with van der Waals surface area (Å²) in [6.45, 7) is 6.68. The molecule has 1 aromatic heterocycles. The fraction of sp³-hybridized carbons (Fsp3) is 0.625. The summed E-state index contributed by atoms with van der Waals surface area (Å²) in [5.41, 5.74) is -0.511. The van der Waals surface area contributed by atoms with Crippen molar-refractivity contribution in [3.05, 3.63) is 22.4 Å². The average Bonchev–Trinajstić information content (AvgIpc) is 2.97. The number of likely N-dealkylation sites (tertiary alicyclic amines) is 1. The van der Waals surface area contributed by atoms with E-state index in [-0.39, 0.29) is 11.9 Å². The SMILES string of the molecule is CC(C)(C)OC(=O)NC[C@H]1CCCCN1C(=O)c1cccs1. The second kappa shape index (κ2) is 7.13. The maximum absolute atomic E-state index is 12.5. The highest BCUT2D eigenvalue weighted by molar-refractivity contribution is 7.12. The summed E-state index contributed by atoms with van der Waals surface area (Å²) in [6.07, 6.45) is 2.57. The highest BCUT2D eigenvalue weighted by atomic mass is 32.1. The Hall–Kier alpha value is -1.56. The third kappa shape index (κ3) is 4.73. The van der Waals surface area contributed by atoms with Crippen molar-refractivity contribution in [1.29, 1.82) is 0 Å². The fourth-order valence-electron chi connectivity index (χ4n) is 2.54. The van der Waals surface area contributed by atoms with Gasteiger partial charge in [-0.3, -0.25) is 4.79 Å². The van der Waals surface area contributed by atoms with Crippen LogP contribution in [0.25, 0.3) is 0 Å². The van der Waals surface area contributed by atoms with Gasteiger partial charge in [0.1, 0.15) is 5.60 Å². The Labute approximate surface area is 135 Å². The first kappa shape index (κ1) is 16.8. The molecule has 1 aliphatic rings. The van der Waals surface area contributed by atoms with Gasteiger partial charge in [-0.1, -0.05) is 6.07 Å². The first-order valence-corrected chi connectivity index (χ1v) is 8.56. The van der Waals surface area contributed by atoms with E-state index < -0.39 is 11.7 Å². The Kier molecular flexibility index (Phi) is 5.45. The van der Waals surface area contributed by atoms with Crippen molar-refractivity contribution in [2.24, 2.45) is 0 Å². The number of carbonyl (C=O) groups excluding carboxylic acids is 2. The number of hydrogen-bond donors (Lipinski definition) is 1. The Morgan fingerprint density at radius 2 is 2.18 bits per heavy atom. The fourth-order valence-corrected chi connectivity index (χ4v) is 3.22. The van der Waals surface area contributed by atoms with E-state index in [0.717, 1.165) is 30.7 Å². The number of thiophene rings is 1. The van der Waals surface area contributed by atoms with Gasteiger partial charge in [-0.25, -0.2) is 4.79 Å². The van der Waals surface area contributed by atoms with E-state index >= 15 is 0 Å². The zero-order valence-electron chi connectivity index (χ0n) is 13.4. The van der Waals surface area contributed by atoms with Gasteiger partial charge in [0.05, 0.1) is 4.88 Å². The molecular formula is C16H24N2O3S. The molecule has 2 heterocycles. The smallest absolute Gasteiger partial charge is 0.407 e. The molecule has 2 rings (SSSR count). The number of hydrogen-bond acceptors (Lipinski definition) is 4. The largest absolute Gasteiger partial charge is 0.444 e. The molecule has 0 radical (unpaired) electrons. The zero-order valence-corrected chi connectivity index (χ0v) is 14.2. The molecule has 22 heavy (non-hydrogen) atoms. The molecular weight excluding hydrogens is 300 g/mol. The molecule has 0 bridgehead atoms. The molecule has 1 aliphatic heterocycles. The Bertz CT molecular complexity index is 508. The van der Waals surface area contributed by atoms with Crippen LogP contribution in [-0.2, 0) is 4.74 Å². The number of alkyl carbamates (subject to hydrolysis) is 1. The summed E-state index contributed by atoms with van der Waals surface area (Å²) in [5, 5.41) is 4.70. The highest BCUT2D eigenvalue weighted by Crippen LogP contribution is 2.21. The van der Waals surface area contributed by atoms with Gasteiger partial charge in [0.25, 0.3) is 5.91 Å². The van der Waals surface area contributed by atoms with Crippen LogP contribution in [0.2, 0.25) is 0 Å². The summed E-state index contributed by atoms with van der Waals surface area (Å²) in [4.78, 5) is 26.9. The van der Waals surface area contributed by atoms with Crippen LogP contribution in [0.3, 0.4) is 0 Å². The van der Waals surface area contributed by atoms with E-state index in [0.29, 0.717) is 6.54 Å². The zero-order chi connectivity index (χ0) is 16.2. The molecule has 1 atom stereocenters. The Balaban J connectivity index is 1.93. The van der Waals surface area contributed by atoms with Gasteiger partial charge in [0.15, 0.2) is 0 Å². The molecule has 0 unspecified atom stereocenters. The maximum Gasteiger partial charge on any atom is 0.407 e. The highest BCUT2D eigenvalue weighted by Gasteiger charge is 2.28. The van der Waals surface area contributed by atoms with Crippen LogP contribution in [0.5, 0.6) is 0 Å². The third-order valence-corrected chi connectivity index (χ3v) is 4.36. The number of piperidine rings is 1. The number of nitrogens with one attached hydrogen (secondary N) is 1. The number of ether oxygens (including phenoxy) is 1. The molecule has 2 amide bonds. The van der Waals surface area contributed by atoms with Crippen LogP contribution in [0.15, 0.2) is 17.5 Å². The third-order valence-electron chi connectivity index (χ3n) is 3.50. The van der Waals surface area contributed by atoms with E-state index in [4.69, 9.17) is 4.74 Å². The van der Waals surface area contributed by atoms with E-state index in [1.165, 1.54) is 11.3 Å². The van der Waals surface area contributed by atoms with Crippen molar-refractivity contribution in [3.63, 3.8) is 0 Å². The minimum atomic E-state index is -0.511. The molecule has 0 aromatic carbocycles. The molecule has 1 aromatic rings. The average molecular weight is 324 g/mol. The van der Waals surface area contributed by atoms with Gasteiger partial charge in [0, 0.05) is 19.1 Å². The van der Waals surface area contributed by atoms with Crippen molar-refractivity contribution < 1.29 is 14.3 Å². The summed E-state index contributed by atoms with van der Waals surface area (Å²) in [5.74, 6) is 0.0608. The number of amides is 2. The van der Waals surface area contributed by atoms with Crippen molar-refractivity contribution in [2.45, 2.75) is 51.7 Å². The van der Waals surface area contributed by atoms with E-state index in [1.54, 1.807) is 0 Å². The summed E-state index contributed by atoms with van der Waals surface area (Å²) in [6, 6.07) is 3.77. The quantitative estimate of drug-likeness (QED) is 0.928. The summed E-state index contributed by atoms with van der Waals surface area (Å²) < 4.78 is 5.25. The molecule has 1 saturated heterocycles. The Morgan fingerprint density at radius 3 is 2.82 bits per heavy atom. The number of nitrogens with zero attached hydrogens (tertiary/aromatic N) is 1. The molecule has 0 spiro atoms. The molecule has 0 aliphatic carbocycles. The predicted molar refractivity (Wildman–Crippen MR) is 87.2 cm³/mol. The monoisotopic (exact) mass is 324 g/mol. The van der Waals surface area contributed by atoms with Crippen LogP contribution >= 0.6 is 11.3 Å². The normalized spacial score (nSPS) is 18.9. The van der Waals surface area contributed by atoms with E-state index in [9.17, 15) is 9.59 Å². The van der Waals surface area contributed by atoms with E-state index in [1.807, 2.05) is 43.2 Å².